The second kappa shape index (κ2) is 9.32. The summed E-state index contributed by atoms with van der Waals surface area (Å²) in [4.78, 5) is 13.4. The van der Waals surface area contributed by atoms with Gasteiger partial charge in [-0.15, -0.1) is 11.3 Å². The number of amides is 1. The number of carbonyl (C=O) groups excluding carboxylic acids is 1. The Labute approximate surface area is 144 Å². The summed E-state index contributed by atoms with van der Waals surface area (Å²) >= 11 is 1.41. The molecule has 128 valence electrons. The molecule has 0 saturated heterocycles. The SMILES string of the molecule is COCC(O)CCNC(=O)/C=C/c1ccc(-c2ccccc2F)s1. The summed E-state index contributed by atoms with van der Waals surface area (Å²) in [6.45, 7) is 0.623. The van der Waals surface area contributed by atoms with E-state index < -0.39 is 6.10 Å². The predicted octanol–water partition coefficient (Wildman–Crippen LogP) is 3.08. The van der Waals surface area contributed by atoms with Gasteiger partial charge in [-0.3, -0.25) is 4.79 Å². The lowest BCUT2D eigenvalue weighted by atomic mass is 10.2. The van der Waals surface area contributed by atoms with Crippen molar-refractivity contribution < 1.29 is 19.0 Å². The molecule has 1 atom stereocenters. The number of carbonyl (C=O) groups is 1. The Morgan fingerprint density at radius 2 is 2.17 bits per heavy atom. The third kappa shape index (κ3) is 5.56. The maximum atomic E-state index is 13.8. The number of aliphatic hydroxyl groups is 1. The number of ether oxygens (including phenoxy) is 1. The van der Waals surface area contributed by atoms with E-state index in [0.717, 1.165) is 9.75 Å². The van der Waals surface area contributed by atoms with Crippen LogP contribution in [0.2, 0.25) is 0 Å². The van der Waals surface area contributed by atoms with Crippen LogP contribution in [-0.4, -0.2) is 37.4 Å². The van der Waals surface area contributed by atoms with Crippen LogP contribution in [0.25, 0.3) is 16.5 Å². The Balaban J connectivity index is 1.86. The van der Waals surface area contributed by atoms with Gasteiger partial charge in [-0.1, -0.05) is 18.2 Å². The van der Waals surface area contributed by atoms with E-state index in [0.29, 0.717) is 18.5 Å². The molecule has 0 aliphatic carbocycles. The number of halogens is 1. The second-order valence-electron chi connectivity index (χ2n) is 5.20. The minimum absolute atomic E-state index is 0.236. The molecule has 4 nitrogen and oxygen atoms in total. The minimum Gasteiger partial charge on any atom is -0.391 e. The first-order valence-electron chi connectivity index (χ1n) is 7.58. The molecule has 0 radical (unpaired) electrons. The molecule has 0 fully saturated rings. The van der Waals surface area contributed by atoms with Crippen molar-refractivity contribution in [2.24, 2.45) is 0 Å². The van der Waals surface area contributed by atoms with Crippen molar-refractivity contribution >= 4 is 23.3 Å². The molecule has 1 amide bonds. The van der Waals surface area contributed by atoms with Crippen LogP contribution in [0.4, 0.5) is 4.39 Å². The summed E-state index contributed by atoms with van der Waals surface area (Å²) in [6.07, 6.45) is 2.97. The van der Waals surface area contributed by atoms with Gasteiger partial charge in [0.1, 0.15) is 5.82 Å². The highest BCUT2D eigenvalue weighted by molar-refractivity contribution is 7.16. The summed E-state index contributed by atoms with van der Waals surface area (Å²) in [7, 11) is 1.52. The first kappa shape index (κ1) is 18.3. The summed E-state index contributed by atoms with van der Waals surface area (Å²) < 4.78 is 18.6. The molecule has 0 aliphatic rings. The van der Waals surface area contributed by atoms with Crippen molar-refractivity contribution in [2.75, 3.05) is 20.3 Å². The number of rotatable bonds is 8. The first-order chi connectivity index (χ1) is 11.6. The Hall–Kier alpha value is -2.02. The fourth-order valence-corrected chi connectivity index (χ4v) is 3.04. The quantitative estimate of drug-likeness (QED) is 0.720. The predicted molar refractivity (Wildman–Crippen MR) is 94.3 cm³/mol. The molecule has 24 heavy (non-hydrogen) atoms. The van der Waals surface area contributed by atoms with Crippen molar-refractivity contribution in [3.63, 3.8) is 0 Å². The van der Waals surface area contributed by atoms with Crippen molar-refractivity contribution in [3.05, 3.63) is 53.2 Å². The van der Waals surface area contributed by atoms with Crippen LogP contribution in [0.15, 0.2) is 42.5 Å². The van der Waals surface area contributed by atoms with E-state index in [2.05, 4.69) is 5.32 Å². The highest BCUT2D eigenvalue weighted by Crippen LogP contribution is 2.30. The number of hydrogen-bond acceptors (Lipinski definition) is 4. The maximum absolute atomic E-state index is 13.8. The molecule has 0 spiro atoms. The number of nitrogens with one attached hydrogen (secondary N) is 1. The van der Waals surface area contributed by atoms with Gasteiger partial charge < -0.3 is 15.2 Å². The standard InChI is InChI=1S/C18H20FNO3S/c1-23-12-13(21)10-11-20-18(22)9-7-14-6-8-17(24-14)15-4-2-3-5-16(15)19/h2-9,13,21H,10-12H2,1H3,(H,20,22)/b9-7+. The summed E-state index contributed by atoms with van der Waals surface area (Å²) in [6, 6.07) is 10.3. The van der Waals surface area contributed by atoms with Crippen LogP contribution in [-0.2, 0) is 9.53 Å². The van der Waals surface area contributed by atoms with Gasteiger partial charge in [0.15, 0.2) is 0 Å². The van der Waals surface area contributed by atoms with Crippen molar-refractivity contribution in [1.29, 1.82) is 0 Å². The number of hydrogen-bond donors (Lipinski definition) is 2. The van der Waals surface area contributed by atoms with E-state index in [9.17, 15) is 14.3 Å². The highest BCUT2D eigenvalue weighted by Gasteiger charge is 2.07. The third-order valence-corrected chi connectivity index (χ3v) is 4.38. The van der Waals surface area contributed by atoms with Crippen LogP contribution < -0.4 is 5.32 Å². The zero-order chi connectivity index (χ0) is 17.4. The molecule has 2 N–H and O–H groups in total. The van der Waals surface area contributed by atoms with Gasteiger partial charge in [0, 0.05) is 35.0 Å². The van der Waals surface area contributed by atoms with E-state index in [1.54, 1.807) is 24.3 Å². The molecule has 1 unspecified atom stereocenters. The zero-order valence-corrected chi connectivity index (χ0v) is 14.2. The van der Waals surface area contributed by atoms with E-state index in [1.165, 1.54) is 30.6 Å². The van der Waals surface area contributed by atoms with Gasteiger partial charge in [-0.2, -0.15) is 0 Å². The highest BCUT2D eigenvalue weighted by atomic mass is 32.1. The topological polar surface area (TPSA) is 58.6 Å². The largest absolute Gasteiger partial charge is 0.391 e. The summed E-state index contributed by atoms with van der Waals surface area (Å²) in [5.41, 5.74) is 0.554. The van der Waals surface area contributed by atoms with Crippen LogP contribution in [0.5, 0.6) is 0 Å². The average Bonchev–Trinajstić information content (AvgIpc) is 3.02. The number of thiophene rings is 1. The summed E-state index contributed by atoms with van der Waals surface area (Å²) in [5.74, 6) is -0.498. The Kier molecular flexibility index (Phi) is 7.11. The molecule has 2 rings (SSSR count). The molecule has 1 aromatic heterocycles. The lowest BCUT2D eigenvalue weighted by Gasteiger charge is -2.08. The Bertz CT molecular complexity index is 699. The molecule has 0 bridgehead atoms. The average molecular weight is 349 g/mol. The van der Waals surface area contributed by atoms with Gasteiger partial charge in [-0.25, -0.2) is 4.39 Å². The van der Waals surface area contributed by atoms with E-state index in [1.807, 2.05) is 12.1 Å². The van der Waals surface area contributed by atoms with E-state index >= 15 is 0 Å². The van der Waals surface area contributed by atoms with Gasteiger partial charge >= 0.3 is 0 Å². The minimum atomic E-state index is -0.583. The van der Waals surface area contributed by atoms with E-state index in [4.69, 9.17) is 4.74 Å². The van der Waals surface area contributed by atoms with Crippen LogP contribution >= 0.6 is 11.3 Å². The molecular formula is C18H20FNO3S. The Morgan fingerprint density at radius 1 is 1.38 bits per heavy atom. The normalized spacial score (nSPS) is 12.5. The number of methoxy groups -OCH3 is 1. The Morgan fingerprint density at radius 3 is 2.92 bits per heavy atom. The molecule has 2 aromatic rings. The fourth-order valence-electron chi connectivity index (χ4n) is 2.10. The third-order valence-electron chi connectivity index (χ3n) is 3.30. The lowest BCUT2D eigenvalue weighted by molar-refractivity contribution is -0.116. The smallest absolute Gasteiger partial charge is 0.244 e. The molecule has 6 heteroatoms. The number of aliphatic hydroxyl groups excluding tert-OH is 1. The van der Waals surface area contributed by atoms with Crippen LogP contribution in [0.1, 0.15) is 11.3 Å². The van der Waals surface area contributed by atoms with Crippen molar-refractivity contribution in [1.82, 2.24) is 5.32 Å². The zero-order valence-electron chi connectivity index (χ0n) is 13.4. The molecule has 0 saturated carbocycles. The lowest BCUT2D eigenvalue weighted by Crippen LogP contribution is -2.27. The van der Waals surface area contributed by atoms with E-state index in [-0.39, 0.29) is 18.3 Å². The number of benzene rings is 1. The summed E-state index contributed by atoms with van der Waals surface area (Å²) in [5, 5.41) is 12.2. The van der Waals surface area contributed by atoms with Gasteiger partial charge in [0.05, 0.1) is 12.7 Å². The van der Waals surface area contributed by atoms with Crippen molar-refractivity contribution in [2.45, 2.75) is 12.5 Å². The molecular weight excluding hydrogens is 329 g/mol. The van der Waals surface area contributed by atoms with Crippen LogP contribution in [0, 0.1) is 5.82 Å². The molecule has 1 heterocycles. The molecule has 0 aliphatic heterocycles. The monoisotopic (exact) mass is 349 g/mol. The van der Waals surface area contributed by atoms with Crippen LogP contribution in [0.3, 0.4) is 0 Å². The maximum Gasteiger partial charge on any atom is 0.244 e. The van der Waals surface area contributed by atoms with Gasteiger partial charge in [0.2, 0.25) is 5.91 Å². The second-order valence-corrected chi connectivity index (χ2v) is 6.32. The van der Waals surface area contributed by atoms with Gasteiger partial charge in [-0.05, 0) is 30.7 Å². The fraction of sp³-hybridized carbons (Fsp3) is 0.278. The first-order valence-corrected chi connectivity index (χ1v) is 8.39. The van der Waals surface area contributed by atoms with Crippen molar-refractivity contribution in [3.8, 4) is 10.4 Å². The molecule has 1 aromatic carbocycles. The van der Waals surface area contributed by atoms with Gasteiger partial charge in [0.25, 0.3) is 0 Å².